The number of aromatic amines is 1. The molecule has 4 rings (SSSR count). The lowest BCUT2D eigenvalue weighted by atomic mass is 10.1. The summed E-state index contributed by atoms with van der Waals surface area (Å²) in [7, 11) is -1.71. The number of para-hydroxylation sites is 1. The van der Waals surface area contributed by atoms with Crippen LogP contribution in [0.15, 0.2) is 103 Å². The zero-order valence-corrected chi connectivity index (χ0v) is 19.4. The first-order valence-corrected chi connectivity index (χ1v) is 12.2. The van der Waals surface area contributed by atoms with Gasteiger partial charge in [-0.05, 0) is 40.8 Å². The Morgan fingerprint density at radius 2 is 2.00 bits per heavy atom. The first-order valence-electron chi connectivity index (χ1n) is 10.7. The number of aryl methyl sites for hydroxylation is 1. The molecule has 0 bridgehead atoms. The summed E-state index contributed by atoms with van der Waals surface area (Å²) in [5.41, 5.74) is 3.87. The van der Waals surface area contributed by atoms with Gasteiger partial charge in [0.2, 0.25) is 10.0 Å². The van der Waals surface area contributed by atoms with Crippen LogP contribution >= 0.6 is 0 Å². The first-order chi connectivity index (χ1) is 15.9. The monoisotopic (exact) mass is 460 g/mol. The molecular formula is C26H28N4O2S. The maximum Gasteiger partial charge on any atom is 0.240 e. The number of fused-ring (bicyclic) bond motifs is 2. The third-order valence-electron chi connectivity index (χ3n) is 5.76. The molecule has 170 valence electrons. The second-order valence-corrected chi connectivity index (χ2v) is 9.67. The fraction of sp³-hybridized carbons (Fsp3) is 0.154. The van der Waals surface area contributed by atoms with E-state index >= 15 is 0 Å². The highest BCUT2D eigenvalue weighted by Gasteiger charge is 2.21. The van der Waals surface area contributed by atoms with Gasteiger partial charge in [-0.3, -0.25) is 0 Å². The molecule has 2 aromatic heterocycles. The van der Waals surface area contributed by atoms with Crippen LogP contribution in [0.25, 0.3) is 21.8 Å². The van der Waals surface area contributed by atoms with E-state index in [9.17, 15) is 8.42 Å². The van der Waals surface area contributed by atoms with Gasteiger partial charge in [-0.2, -0.15) is 0 Å². The SMILES string of the molecule is C=C/C=C(\C=C)CNC(CNS(=O)(=O)c1ccc2cc[nH]c2c1)c1cn(C)c2ccccc12. The second kappa shape index (κ2) is 9.62. The third-order valence-corrected chi connectivity index (χ3v) is 7.19. The number of nitrogens with zero attached hydrogens (tertiary/aromatic N) is 1. The highest BCUT2D eigenvalue weighted by atomic mass is 32.2. The smallest absolute Gasteiger partial charge is 0.240 e. The van der Waals surface area contributed by atoms with Gasteiger partial charge in [0, 0.05) is 55.0 Å². The predicted molar refractivity (Wildman–Crippen MR) is 136 cm³/mol. The van der Waals surface area contributed by atoms with Crippen molar-refractivity contribution < 1.29 is 8.42 Å². The van der Waals surface area contributed by atoms with Crippen LogP contribution in [0.3, 0.4) is 0 Å². The van der Waals surface area contributed by atoms with Gasteiger partial charge in [0.25, 0.3) is 0 Å². The van der Waals surface area contributed by atoms with Crippen molar-refractivity contribution in [2.45, 2.75) is 10.9 Å². The van der Waals surface area contributed by atoms with Gasteiger partial charge in [-0.1, -0.05) is 55.7 Å². The number of aromatic nitrogens is 2. The molecule has 0 radical (unpaired) electrons. The van der Waals surface area contributed by atoms with Crippen molar-refractivity contribution in [3.05, 3.63) is 103 Å². The normalized spacial score (nSPS) is 13.4. The third kappa shape index (κ3) is 4.85. The van der Waals surface area contributed by atoms with Crippen LogP contribution in [0.2, 0.25) is 0 Å². The summed E-state index contributed by atoms with van der Waals surface area (Å²) in [6.07, 6.45) is 9.21. The highest BCUT2D eigenvalue weighted by Crippen LogP contribution is 2.26. The van der Waals surface area contributed by atoms with Crippen molar-refractivity contribution in [1.82, 2.24) is 19.6 Å². The lowest BCUT2D eigenvalue weighted by Crippen LogP contribution is -2.35. The minimum absolute atomic E-state index is 0.192. The number of H-pyrrole nitrogens is 1. The Morgan fingerprint density at radius 1 is 1.18 bits per heavy atom. The van der Waals surface area contributed by atoms with Crippen LogP contribution in [-0.4, -0.2) is 31.1 Å². The van der Waals surface area contributed by atoms with E-state index in [0.29, 0.717) is 6.54 Å². The summed E-state index contributed by atoms with van der Waals surface area (Å²) in [4.78, 5) is 3.29. The van der Waals surface area contributed by atoms with E-state index in [2.05, 4.69) is 44.9 Å². The number of sulfonamides is 1. The number of rotatable bonds is 10. The van der Waals surface area contributed by atoms with Gasteiger partial charge < -0.3 is 14.9 Å². The molecule has 0 fully saturated rings. The molecule has 1 atom stereocenters. The van der Waals surface area contributed by atoms with E-state index < -0.39 is 10.0 Å². The molecule has 0 aliphatic heterocycles. The fourth-order valence-electron chi connectivity index (χ4n) is 4.00. The van der Waals surface area contributed by atoms with Crippen LogP contribution in [-0.2, 0) is 17.1 Å². The molecule has 0 aliphatic rings. The van der Waals surface area contributed by atoms with Crippen molar-refractivity contribution >= 4 is 31.8 Å². The number of hydrogen-bond donors (Lipinski definition) is 3. The zero-order chi connectivity index (χ0) is 23.4. The number of nitrogens with one attached hydrogen (secondary N) is 3. The molecule has 33 heavy (non-hydrogen) atoms. The number of hydrogen-bond acceptors (Lipinski definition) is 3. The molecule has 2 aromatic carbocycles. The second-order valence-electron chi connectivity index (χ2n) is 7.91. The summed E-state index contributed by atoms with van der Waals surface area (Å²) >= 11 is 0. The molecule has 3 N–H and O–H groups in total. The van der Waals surface area contributed by atoms with Gasteiger partial charge in [-0.25, -0.2) is 13.1 Å². The molecule has 6 nitrogen and oxygen atoms in total. The standard InChI is InChI=1S/C26H28N4O2S/c1-4-8-19(5-2)16-28-25(23-18-30(3)26-10-7-6-9-22(23)26)17-29-33(31,32)21-12-11-20-13-14-27-24(20)15-21/h4-15,18,25,27-29H,1-2,16-17H2,3H3/b19-8+. The van der Waals surface area contributed by atoms with Crippen LogP contribution in [0.1, 0.15) is 11.6 Å². The van der Waals surface area contributed by atoms with Crippen LogP contribution in [0.5, 0.6) is 0 Å². The largest absolute Gasteiger partial charge is 0.361 e. The van der Waals surface area contributed by atoms with E-state index in [-0.39, 0.29) is 17.5 Å². The van der Waals surface area contributed by atoms with Crippen molar-refractivity contribution in [3.63, 3.8) is 0 Å². The molecule has 0 amide bonds. The van der Waals surface area contributed by atoms with E-state index in [4.69, 9.17) is 0 Å². The number of allylic oxidation sites excluding steroid dienone is 2. The summed E-state index contributed by atoms with van der Waals surface area (Å²) < 4.78 is 31.1. The van der Waals surface area contributed by atoms with Gasteiger partial charge in [0.05, 0.1) is 4.90 Å². The number of benzene rings is 2. The molecule has 0 saturated carbocycles. The Morgan fingerprint density at radius 3 is 2.79 bits per heavy atom. The van der Waals surface area contributed by atoms with Gasteiger partial charge in [0.15, 0.2) is 0 Å². The Hall–Kier alpha value is -3.39. The van der Waals surface area contributed by atoms with E-state index in [0.717, 1.165) is 32.9 Å². The van der Waals surface area contributed by atoms with Crippen LogP contribution in [0, 0.1) is 0 Å². The van der Waals surface area contributed by atoms with Crippen molar-refractivity contribution in [2.24, 2.45) is 7.05 Å². The lowest BCUT2D eigenvalue weighted by Gasteiger charge is -2.20. The molecule has 1 unspecified atom stereocenters. The molecule has 0 saturated heterocycles. The predicted octanol–water partition coefficient (Wildman–Crippen LogP) is 4.57. The molecule has 0 spiro atoms. The topological polar surface area (TPSA) is 78.9 Å². The summed E-state index contributed by atoms with van der Waals surface area (Å²) in [5, 5.41) is 5.54. The maximum absolute atomic E-state index is 13.1. The summed E-state index contributed by atoms with van der Waals surface area (Å²) in [6.45, 7) is 8.32. The van der Waals surface area contributed by atoms with Gasteiger partial charge in [-0.15, -0.1) is 0 Å². The van der Waals surface area contributed by atoms with Crippen LogP contribution in [0.4, 0.5) is 0 Å². The van der Waals surface area contributed by atoms with Crippen molar-refractivity contribution in [3.8, 4) is 0 Å². The Bertz CT molecular complexity index is 1440. The zero-order valence-electron chi connectivity index (χ0n) is 18.6. The Balaban J connectivity index is 1.63. The van der Waals surface area contributed by atoms with Gasteiger partial charge in [0.1, 0.15) is 0 Å². The van der Waals surface area contributed by atoms with E-state index in [1.165, 1.54) is 0 Å². The van der Waals surface area contributed by atoms with E-state index in [1.54, 1.807) is 36.5 Å². The molecule has 7 heteroatoms. The first kappa shape index (κ1) is 22.8. The Labute approximate surface area is 194 Å². The summed E-state index contributed by atoms with van der Waals surface area (Å²) in [6, 6.07) is 14.8. The Kier molecular flexibility index (Phi) is 6.65. The highest BCUT2D eigenvalue weighted by molar-refractivity contribution is 7.89. The fourth-order valence-corrected chi connectivity index (χ4v) is 5.08. The summed E-state index contributed by atoms with van der Waals surface area (Å²) in [5.74, 6) is 0. The van der Waals surface area contributed by atoms with Crippen molar-refractivity contribution in [1.29, 1.82) is 0 Å². The molecule has 4 aromatic rings. The molecule has 2 heterocycles. The van der Waals surface area contributed by atoms with Crippen molar-refractivity contribution in [2.75, 3.05) is 13.1 Å². The average molecular weight is 461 g/mol. The molecular weight excluding hydrogens is 432 g/mol. The minimum atomic E-state index is -3.70. The average Bonchev–Trinajstić information content (AvgIpc) is 3.42. The van der Waals surface area contributed by atoms with Crippen LogP contribution < -0.4 is 10.0 Å². The van der Waals surface area contributed by atoms with Gasteiger partial charge >= 0.3 is 0 Å². The van der Waals surface area contributed by atoms with E-state index in [1.807, 2.05) is 37.5 Å². The minimum Gasteiger partial charge on any atom is -0.361 e. The molecule has 0 aliphatic carbocycles. The lowest BCUT2D eigenvalue weighted by molar-refractivity contribution is 0.533. The quantitative estimate of drug-likeness (QED) is 0.304. The maximum atomic E-state index is 13.1.